The van der Waals surface area contributed by atoms with Crippen molar-refractivity contribution >= 4 is 28.6 Å². The number of aromatic amines is 1. The minimum Gasteiger partial charge on any atom is -0.494 e. The first-order valence-corrected chi connectivity index (χ1v) is 7.88. The van der Waals surface area contributed by atoms with Crippen LogP contribution in [0, 0.1) is 6.92 Å². The molecule has 7 nitrogen and oxygen atoms in total. The Balaban J connectivity index is 2.14. The maximum absolute atomic E-state index is 6.05. The Bertz CT molecular complexity index is 919. The highest BCUT2D eigenvalue weighted by Gasteiger charge is 2.26. The number of fused-ring (bicyclic) bond motifs is 1. The maximum Gasteiger partial charge on any atom is 0.179 e. The number of benzene rings is 1. The van der Waals surface area contributed by atoms with Crippen molar-refractivity contribution in [2.24, 2.45) is 10.2 Å². The van der Waals surface area contributed by atoms with Gasteiger partial charge in [-0.05, 0) is 25.1 Å². The van der Waals surface area contributed by atoms with Crippen molar-refractivity contribution < 1.29 is 4.74 Å². The van der Waals surface area contributed by atoms with Gasteiger partial charge in [0.15, 0.2) is 11.3 Å². The van der Waals surface area contributed by atoms with Gasteiger partial charge in [0.2, 0.25) is 0 Å². The van der Waals surface area contributed by atoms with Crippen LogP contribution in [0.25, 0.3) is 5.65 Å². The quantitative estimate of drug-likeness (QED) is 0.695. The number of aryl methyl sites for hydroxylation is 1. The number of halogens is 1. The fraction of sp³-hybridized carbons (Fsp3) is 0.375. The molecule has 0 saturated carbocycles. The van der Waals surface area contributed by atoms with Crippen LogP contribution in [-0.2, 0) is 5.41 Å². The summed E-state index contributed by atoms with van der Waals surface area (Å²) in [6, 6.07) is 5.21. The molecule has 2 aromatic heterocycles. The van der Waals surface area contributed by atoms with E-state index in [0.29, 0.717) is 27.8 Å². The molecule has 0 aliphatic heterocycles. The summed E-state index contributed by atoms with van der Waals surface area (Å²) in [6.45, 7) is 8.12. The molecule has 8 heteroatoms. The topological polar surface area (TPSA) is 79.9 Å². The highest BCUT2D eigenvalue weighted by Crippen LogP contribution is 2.37. The van der Waals surface area contributed by atoms with Crippen LogP contribution in [0.2, 0.25) is 5.02 Å². The Labute approximate surface area is 144 Å². The number of H-pyrrole nitrogens is 1. The van der Waals surface area contributed by atoms with E-state index in [9.17, 15) is 0 Å². The summed E-state index contributed by atoms with van der Waals surface area (Å²) in [4.78, 5) is 0. The fourth-order valence-corrected chi connectivity index (χ4v) is 2.54. The Morgan fingerprint density at radius 2 is 2.00 bits per heavy atom. The van der Waals surface area contributed by atoms with Gasteiger partial charge in [-0.1, -0.05) is 32.4 Å². The first-order chi connectivity index (χ1) is 11.3. The molecule has 3 rings (SSSR count). The van der Waals surface area contributed by atoms with Gasteiger partial charge in [0.1, 0.15) is 17.3 Å². The van der Waals surface area contributed by atoms with E-state index >= 15 is 0 Å². The molecule has 0 spiro atoms. The monoisotopic (exact) mass is 346 g/mol. The van der Waals surface area contributed by atoms with Gasteiger partial charge < -0.3 is 4.74 Å². The molecule has 0 unspecified atom stereocenters. The van der Waals surface area contributed by atoms with Crippen molar-refractivity contribution in [1.82, 2.24) is 19.8 Å². The molecule has 0 radical (unpaired) electrons. The number of azo groups is 1. The van der Waals surface area contributed by atoms with Gasteiger partial charge in [0, 0.05) is 10.4 Å². The summed E-state index contributed by atoms with van der Waals surface area (Å²) in [5.41, 5.74) is 2.57. The molecule has 0 saturated heterocycles. The smallest absolute Gasteiger partial charge is 0.179 e. The summed E-state index contributed by atoms with van der Waals surface area (Å²) in [7, 11) is 1.58. The molecule has 0 aliphatic rings. The second kappa shape index (κ2) is 5.90. The van der Waals surface area contributed by atoms with Crippen LogP contribution in [0.4, 0.5) is 11.4 Å². The van der Waals surface area contributed by atoms with Crippen LogP contribution in [0.1, 0.15) is 32.3 Å². The van der Waals surface area contributed by atoms with E-state index in [4.69, 9.17) is 16.3 Å². The fourth-order valence-electron chi connectivity index (χ4n) is 2.37. The largest absolute Gasteiger partial charge is 0.494 e. The molecule has 126 valence electrons. The van der Waals surface area contributed by atoms with Crippen LogP contribution in [0.3, 0.4) is 0 Å². The van der Waals surface area contributed by atoms with Gasteiger partial charge >= 0.3 is 0 Å². The molecule has 24 heavy (non-hydrogen) atoms. The lowest BCUT2D eigenvalue weighted by atomic mass is 9.91. The van der Waals surface area contributed by atoms with Gasteiger partial charge in [0.25, 0.3) is 0 Å². The number of nitrogens with zero attached hydrogens (tertiary/aromatic N) is 5. The van der Waals surface area contributed by atoms with E-state index in [0.717, 1.165) is 11.5 Å². The number of hydrogen-bond acceptors (Lipinski definition) is 5. The molecule has 0 bridgehead atoms. The van der Waals surface area contributed by atoms with Gasteiger partial charge in [0.05, 0.1) is 12.8 Å². The highest BCUT2D eigenvalue weighted by molar-refractivity contribution is 6.30. The third-order valence-corrected chi connectivity index (χ3v) is 3.83. The van der Waals surface area contributed by atoms with Crippen LogP contribution in [0.15, 0.2) is 28.4 Å². The van der Waals surface area contributed by atoms with Crippen molar-refractivity contribution in [3.63, 3.8) is 0 Å². The van der Waals surface area contributed by atoms with Crippen LogP contribution < -0.4 is 4.74 Å². The van der Waals surface area contributed by atoms with Crippen molar-refractivity contribution in [3.05, 3.63) is 34.7 Å². The second-order valence-electron chi connectivity index (χ2n) is 6.49. The van der Waals surface area contributed by atoms with Crippen LogP contribution >= 0.6 is 11.6 Å². The number of nitrogens with one attached hydrogen (secondary N) is 1. The average Bonchev–Trinajstić information content (AvgIpc) is 3.05. The maximum atomic E-state index is 6.05. The second-order valence-corrected chi connectivity index (χ2v) is 6.93. The summed E-state index contributed by atoms with van der Waals surface area (Å²) >= 11 is 6.05. The van der Waals surface area contributed by atoms with Gasteiger partial charge in [-0.3, -0.25) is 5.10 Å². The third kappa shape index (κ3) is 2.87. The first-order valence-electron chi connectivity index (χ1n) is 7.50. The molecule has 0 amide bonds. The Kier molecular flexibility index (Phi) is 4.04. The number of ether oxygens (including phenoxy) is 1. The summed E-state index contributed by atoms with van der Waals surface area (Å²) < 4.78 is 7.05. The summed E-state index contributed by atoms with van der Waals surface area (Å²) in [5, 5.41) is 21.1. The van der Waals surface area contributed by atoms with E-state index < -0.39 is 0 Å². The summed E-state index contributed by atoms with van der Waals surface area (Å²) in [6.07, 6.45) is 0. The lowest BCUT2D eigenvalue weighted by molar-refractivity contribution is 0.416. The van der Waals surface area contributed by atoms with Gasteiger partial charge in [-0.15, -0.1) is 10.2 Å². The Hall–Kier alpha value is -2.41. The highest BCUT2D eigenvalue weighted by atomic mass is 35.5. The van der Waals surface area contributed by atoms with Crippen molar-refractivity contribution in [2.75, 3.05) is 7.11 Å². The van der Waals surface area contributed by atoms with Crippen molar-refractivity contribution in [3.8, 4) is 5.75 Å². The minimum atomic E-state index is -0.188. The molecular formula is C16H19ClN6O. The van der Waals surface area contributed by atoms with E-state index in [1.807, 2.05) is 6.92 Å². The van der Waals surface area contributed by atoms with Crippen molar-refractivity contribution in [2.45, 2.75) is 33.1 Å². The predicted octanol–water partition coefficient (Wildman–Crippen LogP) is 4.74. The van der Waals surface area contributed by atoms with Crippen LogP contribution in [0.5, 0.6) is 5.75 Å². The molecule has 2 heterocycles. The van der Waals surface area contributed by atoms with E-state index in [1.54, 1.807) is 29.8 Å². The normalized spacial score (nSPS) is 12.4. The molecule has 0 atom stereocenters. The predicted molar refractivity (Wildman–Crippen MR) is 93.0 cm³/mol. The zero-order valence-electron chi connectivity index (χ0n) is 14.3. The lowest BCUT2D eigenvalue weighted by Crippen LogP contribution is -2.12. The number of aromatic nitrogens is 4. The molecular weight excluding hydrogens is 328 g/mol. The van der Waals surface area contributed by atoms with E-state index in [2.05, 4.69) is 46.3 Å². The van der Waals surface area contributed by atoms with E-state index in [1.165, 1.54) is 0 Å². The molecule has 1 aromatic carbocycles. The number of rotatable bonds is 3. The minimum absolute atomic E-state index is 0.188. The molecule has 3 aromatic rings. The van der Waals surface area contributed by atoms with Crippen LogP contribution in [-0.4, -0.2) is 26.9 Å². The molecule has 0 aliphatic carbocycles. The zero-order chi connectivity index (χ0) is 17.5. The SMILES string of the molecule is COc1ccc(Cl)cc1/N=N/c1c(C(C)(C)C)nn2c(C)n[nH]c12. The summed E-state index contributed by atoms with van der Waals surface area (Å²) in [5.74, 6) is 1.36. The van der Waals surface area contributed by atoms with E-state index in [-0.39, 0.29) is 5.41 Å². The zero-order valence-corrected chi connectivity index (χ0v) is 15.0. The Morgan fingerprint density at radius 3 is 2.67 bits per heavy atom. The lowest BCUT2D eigenvalue weighted by Gasteiger charge is -2.15. The molecule has 1 N–H and O–H groups in total. The molecule has 0 fully saturated rings. The first kappa shape index (κ1) is 16.4. The number of methoxy groups -OCH3 is 1. The van der Waals surface area contributed by atoms with Gasteiger partial charge in [-0.2, -0.15) is 14.7 Å². The van der Waals surface area contributed by atoms with Gasteiger partial charge in [-0.25, -0.2) is 0 Å². The third-order valence-electron chi connectivity index (χ3n) is 3.60. The average molecular weight is 347 g/mol. The Morgan fingerprint density at radius 1 is 1.25 bits per heavy atom. The van der Waals surface area contributed by atoms with Crippen molar-refractivity contribution in [1.29, 1.82) is 0 Å². The number of hydrogen-bond donors (Lipinski definition) is 1. The standard InChI is InChI=1S/C16H19ClN6O/c1-9-18-21-15-13(14(16(2,3)4)22-23(9)15)20-19-11-8-10(17)6-7-12(11)24-5/h6-8,21H,1-5H3/b20-19+.